The molecular formula is C22H27NO5. The molecule has 1 fully saturated rings. The van der Waals surface area contributed by atoms with Crippen LogP contribution in [0, 0.1) is 0 Å². The molecule has 1 amide bonds. The van der Waals surface area contributed by atoms with Gasteiger partial charge in [-0.2, -0.15) is 0 Å². The lowest BCUT2D eigenvalue weighted by Gasteiger charge is -2.33. The van der Waals surface area contributed by atoms with Crippen LogP contribution in [0.1, 0.15) is 57.6 Å². The minimum atomic E-state index is -0.369. The van der Waals surface area contributed by atoms with Crippen molar-refractivity contribution in [2.24, 2.45) is 0 Å². The molecule has 6 nitrogen and oxygen atoms in total. The van der Waals surface area contributed by atoms with Crippen LogP contribution >= 0.6 is 0 Å². The average Bonchev–Trinajstić information content (AvgIpc) is 3.42. The van der Waals surface area contributed by atoms with E-state index in [2.05, 4.69) is 12.2 Å². The lowest BCUT2D eigenvalue weighted by atomic mass is 9.91. The van der Waals surface area contributed by atoms with Gasteiger partial charge in [-0.25, -0.2) is 4.79 Å². The maximum atomic E-state index is 12.2. The van der Waals surface area contributed by atoms with E-state index in [0.717, 1.165) is 55.0 Å². The topological polar surface area (TPSA) is 77.8 Å². The summed E-state index contributed by atoms with van der Waals surface area (Å²) in [5.41, 5.74) is 1.65. The summed E-state index contributed by atoms with van der Waals surface area (Å²) < 4.78 is 17.7. The molecule has 0 spiro atoms. The molecule has 2 aromatic rings. The van der Waals surface area contributed by atoms with E-state index in [1.807, 2.05) is 19.9 Å². The highest BCUT2D eigenvalue weighted by molar-refractivity contribution is 5.92. The fourth-order valence-electron chi connectivity index (χ4n) is 3.74. The molecule has 1 aromatic carbocycles. The minimum Gasteiger partial charge on any atom is -0.487 e. The molecule has 0 unspecified atom stereocenters. The Bertz CT molecular complexity index is 971. The Balaban J connectivity index is 1.78. The predicted molar refractivity (Wildman–Crippen MR) is 106 cm³/mol. The van der Waals surface area contributed by atoms with Crippen molar-refractivity contribution in [1.82, 2.24) is 5.32 Å². The van der Waals surface area contributed by atoms with Gasteiger partial charge < -0.3 is 19.2 Å². The van der Waals surface area contributed by atoms with Gasteiger partial charge in [-0.1, -0.05) is 13.3 Å². The van der Waals surface area contributed by atoms with Crippen molar-refractivity contribution in [2.75, 3.05) is 6.61 Å². The van der Waals surface area contributed by atoms with E-state index < -0.39 is 0 Å². The highest BCUT2D eigenvalue weighted by Crippen LogP contribution is 2.43. The van der Waals surface area contributed by atoms with E-state index in [1.165, 1.54) is 6.07 Å². The summed E-state index contributed by atoms with van der Waals surface area (Å²) in [6.07, 6.45) is 5.28. The maximum Gasteiger partial charge on any atom is 0.336 e. The number of hydrogen-bond donors (Lipinski definition) is 1. The van der Waals surface area contributed by atoms with Gasteiger partial charge in [0.2, 0.25) is 0 Å². The second kappa shape index (κ2) is 7.15. The van der Waals surface area contributed by atoms with Gasteiger partial charge in [0.05, 0.1) is 5.39 Å². The second-order valence-corrected chi connectivity index (χ2v) is 8.39. The van der Waals surface area contributed by atoms with Crippen LogP contribution in [0.5, 0.6) is 11.5 Å². The molecule has 6 heteroatoms. The number of rotatable bonds is 6. The number of ether oxygens (including phenoxy) is 2. The Morgan fingerprint density at radius 3 is 2.82 bits per heavy atom. The van der Waals surface area contributed by atoms with Gasteiger partial charge in [0.25, 0.3) is 5.91 Å². The molecule has 1 N–H and O–H groups in total. The lowest BCUT2D eigenvalue weighted by Crippen LogP contribution is -2.33. The summed E-state index contributed by atoms with van der Waals surface area (Å²) in [6.45, 7) is 6.06. The first-order valence-electron chi connectivity index (χ1n) is 10.1. The van der Waals surface area contributed by atoms with Gasteiger partial charge in [-0.3, -0.25) is 4.79 Å². The maximum absolute atomic E-state index is 12.2. The molecule has 2 heterocycles. The molecule has 0 bridgehead atoms. The van der Waals surface area contributed by atoms with Crippen molar-refractivity contribution in [2.45, 2.75) is 70.9 Å². The van der Waals surface area contributed by atoms with Crippen LogP contribution in [0.4, 0.5) is 0 Å². The van der Waals surface area contributed by atoms with Crippen molar-refractivity contribution < 1.29 is 18.7 Å². The van der Waals surface area contributed by atoms with Crippen LogP contribution in [0.25, 0.3) is 11.0 Å². The smallest absolute Gasteiger partial charge is 0.336 e. The van der Waals surface area contributed by atoms with Gasteiger partial charge in [0, 0.05) is 23.7 Å². The molecule has 2 aliphatic rings. The van der Waals surface area contributed by atoms with Gasteiger partial charge in [0.1, 0.15) is 22.7 Å². The third kappa shape index (κ3) is 3.86. The van der Waals surface area contributed by atoms with E-state index >= 15 is 0 Å². The van der Waals surface area contributed by atoms with Crippen molar-refractivity contribution in [3.05, 3.63) is 33.7 Å². The summed E-state index contributed by atoms with van der Waals surface area (Å²) in [6, 6.07) is 3.67. The first-order chi connectivity index (χ1) is 13.4. The minimum absolute atomic E-state index is 0.0710. The van der Waals surface area contributed by atoms with Gasteiger partial charge in [-0.05, 0) is 51.5 Å². The van der Waals surface area contributed by atoms with E-state index in [0.29, 0.717) is 17.1 Å². The normalized spacial score (nSPS) is 17.7. The molecule has 0 saturated heterocycles. The SMILES string of the molecule is CCCc1cc(=O)oc2c3c(cc(OCC(=O)NC4CC4)c12)OC(C)(C)CC3. The van der Waals surface area contributed by atoms with Crippen LogP contribution in [0.15, 0.2) is 21.3 Å². The first kappa shape index (κ1) is 18.8. The molecule has 1 aliphatic heterocycles. The Morgan fingerprint density at radius 2 is 2.11 bits per heavy atom. The molecule has 150 valence electrons. The van der Waals surface area contributed by atoms with E-state index in [4.69, 9.17) is 13.9 Å². The zero-order valence-electron chi connectivity index (χ0n) is 16.7. The number of nitrogens with one attached hydrogen (secondary N) is 1. The monoisotopic (exact) mass is 385 g/mol. The molecule has 28 heavy (non-hydrogen) atoms. The second-order valence-electron chi connectivity index (χ2n) is 8.39. The molecule has 1 aromatic heterocycles. The van der Waals surface area contributed by atoms with E-state index in [-0.39, 0.29) is 29.8 Å². The quantitative estimate of drug-likeness (QED) is 0.770. The summed E-state index contributed by atoms with van der Waals surface area (Å²) >= 11 is 0. The van der Waals surface area contributed by atoms with Crippen molar-refractivity contribution in [3.63, 3.8) is 0 Å². The number of fused-ring (bicyclic) bond motifs is 3. The van der Waals surface area contributed by atoms with Crippen molar-refractivity contribution >= 4 is 16.9 Å². The number of amides is 1. The fraction of sp³-hybridized carbons (Fsp3) is 0.545. The number of carbonyl (C=O) groups is 1. The average molecular weight is 385 g/mol. The van der Waals surface area contributed by atoms with Crippen molar-refractivity contribution in [1.29, 1.82) is 0 Å². The lowest BCUT2D eigenvalue weighted by molar-refractivity contribution is -0.123. The zero-order valence-corrected chi connectivity index (χ0v) is 16.7. The molecule has 0 atom stereocenters. The Labute approximate surface area is 164 Å². The highest BCUT2D eigenvalue weighted by Gasteiger charge is 2.31. The predicted octanol–water partition coefficient (Wildman–Crippen LogP) is 3.51. The van der Waals surface area contributed by atoms with E-state index in [9.17, 15) is 9.59 Å². The molecule has 1 saturated carbocycles. The van der Waals surface area contributed by atoms with E-state index in [1.54, 1.807) is 0 Å². The zero-order chi connectivity index (χ0) is 19.9. The summed E-state index contributed by atoms with van der Waals surface area (Å²) in [5.74, 6) is 1.06. The van der Waals surface area contributed by atoms with Crippen LogP contribution in [0.3, 0.4) is 0 Å². The third-order valence-electron chi connectivity index (χ3n) is 5.31. The van der Waals surface area contributed by atoms with Crippen LogP contribution in [-0.2, 0) is 17.6 Å². The fourth-order valence-corrected chi connectivity index (χ4v) is 3.74. The van der Waals surface area contributed by atoms with Crippen LogP contribution in [0.2, 0.25) is 0 Å². The largest absolute Gasteiger partial charge is 0.487 e. The Kier molecular flexibility index (Phi) is 4.81. The van der Waals surface area contributed by atoms with Crippen LogP contribution in [-0.4, -0.2) is 24.2 Å². The number of benzene rings is 1. The summed E-state index contributed by atoms with van der Waals surface area (Å²) in [5, 5.41) is 3.71. The van der Waals surface area contributed by atoms with Gasteiger partial charge in [0.15, 0.2) is 6.61 Å². The Morgan fingerprint density at radius 1 is 1.32 bits per heavy atom. The number of aryl methyl sites for hydroxylation is 2. The highest BCUT2D eigenvalue weighted by atomic mass is 16.5. The standard InChI is InChI=1S/C22H27NO5/c1-4-5-13-10-19(25)27-21-15-8-9-22(2,3)28-16(15)11-17(20(13)21)26-12-18(24)23-14-6-7-14/h10-11,14H,4-9,12H2,1-3H3,(H,23,24). The Hall–Kier alpha value is -2.50. The van der Waals surface area contributed by atoms with Gasteiger partial charge in [-0.15, -0.1) is 0 Å². The summed E-state index contributed by atoms with van der Waals surface area (Å²) in [7, 11) is 0. The molecule has 4 rings (SSSR count). The van der Waals surface area contributed by atoms with Gasteiger partial charge >= 0.3 is 5.63 Å². The molecular weight excluding hydrogens is 358 g/mol. The number of carbonyl (C=O) groups excluding carboxylic acids is 1. The summed E-state index contributed by atoms with van der Waals surface area (Å²) in [4.78, 5) is 24.3. The third-order valence-corrected chi connectivity index (χ3v) is 5.31. The number of hydrogen-bond acceptors (Lipinski definition) is 5. The molecule has 1 aliphatic carbocycles. The molecule has 0 radical (unpaired) electrons. The first-order valence-corrected chi connectivity index (χ1v) is 10.1. The van der Waals surface area contributed by atoms with Crippen molar-refractivity contribution in [3.8, 4) is 11.5 Å². The van der Waals surface area contributed by atoms with Crippen LogP contribution < -0.4 is 20.4 Å².